The van der Waals surface area contributed by atoms with Crippen molar-refractivity contribution >= 4 is 46.2 Å². The van der Waals surface area contributed by atoms with Crippen LogP contribution in [0.1, 0.15) is 50.7 Å². The van der Waals surface area contributed by atoms with Crippen LogP contribution in [0.15, 0.2) is 174 Å². The molecule has 0 aliphatic carbocycles. The topological polar surface area (TPSA) is 38.9 Å². The number of rotatable bonds is 7. The van der Waals surface area contributed by atoms with Gasteiger partial charge in [-0.2, -0.15) is 0 Å². The Hall–Kier alpha value is -5.67. The minimum Gasteiger partial charge on any atom is -0.305 e. The van der Waals surface area contributed by atoms with E-state index in [-0.39, 0.29) is 34.6 Å². The van der Waals surface area contributed by atoms with Crippen LogP contribution in [-0.2, 0) is 20.1 Å². The Kier molecular flexibility index (Phi) is 12.0. The van der Waals surface area contributed by atoms with E-state index in [1.54, 1.807) is 6.20 Å². The Morgan fingerprint density at radius 1 is 0.576 bits per heavy atom. The number of fused-ring (bicyclic) bond motifs is 4. The van der Waals surface area contributed by atoms with Crippen LogP contribution >= 0.6 is 0 Å². The van der Waals surface area contributed by atoms with Crippen LogP contribution in [0.4, 0.5) is 0 Å². The second-order valence-electron chi connectivity index (χ2n) is 15.1. The first-order valence-electron chi connectivity index (χ1n) is 19.9. The van der Waals surface area contributed by atoms with Gasteiger partial charge in [0.25, 0.3) is 0 Å². The molecule has 0 bridgehead atoms. The number of aromatic nitrogens is 2. The van der Waals surface area contributed by atoms with Crippen molar-refractivity contribution in [3.05, 3.63) is 193 Å². The average Bonchev–Trinajstić information content (AvgIpc) is 3.89. The molecule has 0 unspecified atom stereocenters. The maximum atomic E-state index is 6.63. The van der Waals surface area contributed by atoms with E-state index < -0.39 is 0 Å². The number of nitrogens with zero attached hydrogens (tertiary/aromatic N) is 2. The zero-order valence-corrected chi connectivity index (χ0v) is 37.5. The third-order valence-electron chi connectivity index (χ3n) is 10.6. The molecule has 10 rings (SSSR count). The molecule has 0 saturated heterocycles. The summed E-state index contributed by atoms with van der Waals surface area (Å²) in [6.45, 7) is 9.26. The smallest absolute Gasteiger partial charge is 0.0160 e. The summed E-state index contributed by atoms with van der Waals surface area (Å²) in [5.74, 6) is 0.749. The molecule has 3 aromatic heterocycles. The second-order valence-corrected chi connectivity index (χ2v) is 17.2. The molecule has 1 radical (unpaired) electrons. The molecule has 0 spiro atoms. The number of furan rings is 1. The van der Waals surface area contributed by atoms with Gasteiger partial charge >= 0.3 is 277 Å². The largest absolute Gasteiger partial charge is 0.305 e. The van der Waals surface area contributed by atoms with Crippen LogP contribution in [0.3, 0.4) is 0 Å². The van der Waals surface area contributed by atoms with E-state index >= 15 is 0 Å². The number of pyridine rings is 1. The van der Waals surface area contributed by atoms with Gasteiger partial charge in [0.2, 0.25) is 0 Å². The van der Waals surface area contributed by atoms with Crippen molar-refractivity contribution in [2.75, 3.05) is 0 Å². The first-order chi connectivity index (χ1) is 28.4. The van der Waals surface area contributed by atoms with E-state index in [0.717, 1.165) is 54.4 Å². The van der Waals surface area contributed by atoms with Crippen molar-refractivity contribution in [2.24, 2.45) is 0 Å². The minimum atomic E-state index is -0.00845. The van der Waals surface area contributed by atoms with Crippen molar-refractivity contribution in [3.63, 3.8) is 0 Å². The van der Waals surface area contributed by atoms with Gasteiger partial charge in [0.1, 0.15) is 0 Å². The molecule has 5 heteroatoms. The maximum absolute atomic E-state index is 6.63. The molecule has 0 aliphatic heterocycles. The maximum Gasteiger partial charge on any atom is 0.0160 e. The van der Waals surface area contributed by atoms with Gasteiger partial charge in [-0.3, -0.25) is 0 Å². The monoisotopic (exact) mass is 1010 g/mol. The fourth-order valence-electron chi connectivity index (χ4n) is 7.74. The van der Waals surface area contributed by atoms with Crippen LogP contribution in [0.5, 0.6) is 0 Å². The van der Waals surface area contributed by atoms with E-state index in [0.29, 0.717) is 11.8 Å². The summed E-state index contributed by atoms with van der Waals surface area (Å²) in [7, 11) is 0. The fourth-order valence-corrected chi connectivity index (χ4v) is 10.0. The predicted octanol–water partition coefficient (Wildman–Crippen LogP) is 14.5. The van der Waals surface area contributed by atoms with E-state index in [1.165, 1.54) is 43.2 Å². The summed E-state index contributed by atoms with van der Waals surface area (Å²) in [5.41, 5.74) is 16.2. The third kappa shape index (κ3) is 8.18. The van der Waals surface area contributed by atoms with Crippen molar-refractivity contribution in [1.29, 1.82) is 0 Å². The van der Waals surface area contributed by atoms with Crippen molar-refractivity contribution in [1.82, 2.24) is 9.97 Å². The van der Waals surface area contributed by atoms with Crippen LogP contribution < -0.4 is 0 Å². The number of benzene rings is 7. The number of hydrogen-bond donors (Lipinski definition) is 0. The van der Waals surface area contributed by atoms with Crippen LogP contribution in [0.2, 0.25) is 0 Å². The Morgan fingerprint density at radius 3 is 1.93 bits per heavy atom. The first kappa shape index (κ1) is 40.1. The molecule has 10 aromatic rings. The average molecular weight is 1010 g/mol. The summed E-state index contributed by atoms with van der Waals surface area (Å²) in [5, 5.41) is 2.23. The number of hydrogen-bond acceptors (Lipinski definition) is 3. The van der Waals surface area contributed by atoms with Gasteiger partial charge in [0.05, 0.1) is 0 Å². The van der Waals surface area contributed by atoms with E-state index in [2.05, 4.69) is 154 Å². The Morgan fingerprint density at radius 2 is 1.27 bits per heavy atom. The molecule has 7 aromatic carbocycles. The van der Waals surface area contributed by atoms with E-state index in [9.17, 15) is 0 Å². The first-order valence-corrected chi connectivity index (χ1v) is 21.6. The van der Waals surface area contributed by atoms with Gasteiger partial charge in [0, 0.05) is 26.3 Å². The van der Waals surface area contributed by atoms with Crippen LogP contribution in [0.25, 0.3) is 86.5 Å². The molecule has 3 heterocycles. The minimum absolute atomic E-state index is 0. The molecule has 3 nitrogen and oxygen atoms in total. The zero-order valence-electron chi connectivity index (χ0n) is 33.4. The summed E-state index contributed by atoms with van der Waals surface area (Å²) in [6, 6.07) is 63.7. The predicted molar refractivity (Wildman–Crippen MR) is 243 cm³/mol. The molecular weight excluding hydrogens is 964 g/mol. The molecule has 0 N–H and O–H groups in total. The Balaban J connectivity index is 0.000000319. The van der Waals surface area contributed by atoms with Crippen molar-refractivity contribution in [3.8, 4) is 54.8 Å². The molecule has 0 aliphatic rings. The van der Waals surface area contributed by atoms with Crippen molar-refractivity contribution < 1.29 is 24.5 Å². The summed E-state index contributed by atoms with van der Waals surface area (Å²) in [4.78, 5) is 9.48. The molecule has 0 amide bonds. The standard InChI is InChI=1S/C43H34NOSe.C11H8N.Ir/c1-26(2)36-23-31(29-15-9-6-10-16-29)24-37(27(3)4)40(36)34-18-12-20-38-42(34)46-43(44-38)35-19-11-17-33-32-22-21-30(25-39(32)45-41(33)35)28-13-7-5-8-14-28;1-2-6-10(7-3-1)11-8-4-5-9-12-11;/h5-18,20-27H,1-4H3;1-6,8-9H;/q2*-1;. The van der Waals surface area contributed by atoms with Gasteiger partial charge in [-0.05, 0) is 11.8 Å². The van der Waals surface area contributed by atoms with Gasteiger partial charge in [-0.1, -0.05) is 12.1 Å². The zero-order chi connectivity index (χ0) is 39.6. The quantitative estimate of drug-likeness (QED) is 0.118. The van der Waals surface area contributed by atoms with Gasteiger partial charge in [-0.25, -0.2) is 0 Å². The van der Waals surface area contributed by atoms with Gasteiger partial charge in [-0.15, -0.1) is 35.9 Å². The second kappa shape index (κ2) is 17.7. The van der Waals surface area contributed by atoms with Crippen molar-refractivity contribution in [2.45, 2.75) is 39.5 Å². The van der Waals surface area contributed by atoms with Crippen LogP contribution in [0, 0.1) is 12.1 Å². The van der Waals surface area contributed by atoms with Gasteiger partial charge < -0.3 is 4.98 Å². The summed E-state index contributed by atoms with van der Waals surface area (Å²) in [6.07, 6.45) is 1.79. The Bertz CT molecular complexity index is 2920. The van der Waals surface area contributed by atoms with E-state index in [1.807, 2.05) is 54.6 Å². The SMILES string of the molecule is CC(C)c1cc(-c2ccccc2)cc(C(C)C)c1-c1cccc2nc(-c3[c-]ccc4c3oc3cc(-c5ccccc5)ccc34)[se]c12.[Ir].[c-]1ccccc1-c1ccccn1. The third-order valence-corrected chi connectivity index (χ3v) is 13.0. The van der Waals surface area contributed by atoms with Gasteiger partial charge in [0.15, 0.2) is 0 Å². The Labute approximate surface area is 365 Å². The van der Waals surface area contributed by atoms with E-state index in [4.69, 9.17) is 9.40 Å². The molecule has 0 saturated carbocycles. The van der Waals surface area contributed by atoms with Crippen LogP contribution in [-0.4, -0.2) is 24.5 Å². The summed E-state index contributed by atoms with van der Waals surface area (Å²) < 4.78 is 9.04. The molecular formula is C54H42IrN2OSe-2. The molecule has 291 valence electrons. The molecule has 59 heavy (non-hydrogen) atoms. The normalized spacial score (nSPS) is 11.2. The fraction of sp³-hybridized carbons (Fsp3) is 0.111. The molecule has 0 fully saturated rings. The summed E-state index contributed by atoms with van der Waals surface area (Å²) >= 11 is -0.00845. The molecule has 0 atom stereocenters.